The van der Waals surface area contributed by atoms with Crippen LogP contribution in [0.2, 0.25) is 5.02 Å². The number of aliphatic imine (C=N–C) groups is 1. The highest BCUT2D eigenvalue weighted by atomic mass is 35.5. The van der Waals surface area contributed by atoms with Gasteiger partial charge in [-0.05, 0) is 30.5 Å². The lowest BCUT2D eigenvalue weighted by Crippen LogP contribution is -2.36. The van der Waals surface area contributed by atoms with E-state index in [1.165, 1.54) is 25.7 Å². The highest BCUT2D eigenvalue weighted by molar-refractivity contribution is 8.14. The van der Waals surface area contributed by atoms with E-state index in [4.69, 9.17) is 16.6 Å². The second kappa shape index (κ2) is 9.70. The Bertz CT molecular complexity index is 603. The SMILES string of the molecule is CN1/C(=N/C2CCCC2)SCC1CC(=O)NCc1ccc(Cl)cc1.Cl. The van der Waals surface area contributed by atoms with E-state index in [0.717, 1.165) is 16.5 Å². The molecule has 1 saturated heterocycles. The van der Waals surface area contributed by atoms with Crippen LogP contribution in [0.4, 0.5) is 0 Å². The van der Waals surface area contributed by atoms with Gasteiger partial charge in [-0.1, -0.05) is 48.3 Å². The summed E-state index contributed by atoms with van der Waals surface area (Å²) in [7, 11) is 2.06. The number of nitrogens with zero attached hydrogens (tertiary/aromatic N) is 2. The molecule has 4 nitrogen and oxygen atoms in total. The van der Waals surface area contributed by atoms with Crippen LogP contribution in [0, 0.1) is 0 Å². The number of hydrogen-bond donors (Lipinski definition) is 1. The number of hydrogen-bond acceptors (Lipinski definition) is 3. The van der Waals surface area contributed by atoms with Crippen LogP contribution in [0.5, 0.6) is 0 Å². The molecule has 0 spiro atoms. The Labute approximate surface area is 165 Å². The van der Waals surface area contributed by atoms with Gasteiger partial charge in [0.05, 0.1) is 6.04 Å². The molecule has 1 aliphatic heterocycles. The molecule has 1 saturated carbocycles. The minimum atomic E-state index is 0. The van der Waals surface area contributed by atoms with Crippen molar-refractivity contribution in [3.05, 3.63) is 34.9 Å². The fourth-order valence-electron chi connectivity index (χ4n) is 3.14. The minimum Gasteiger partial charge on any atom is -0.352 e. The zero-order valence-electron chi connectivity index (χ0n) is 14.4. The molecule has 1 atom stereocenters. The highest BCUT2D eigenvalue weighted by Crippen LogP contribution is 2.28. The van der Waals surface area contributed by atoms with E-state index in [1.54, 1.807) is 11.8 Å². The predicted molar refractivity (Wildman–Crippen MR) is 109 cm³/mol. The molecule has 25 heavy (non-hydrogen) atoms. The van der Waals surface area contributed by atoms with Crippen LogP contribution < -0.4 is 5.32 Å². The van der Waals surface area contributed by atoms with E-state index in [9.17, 15) is 4.79 Å². The van der Waals surface area contributed by atoms with Crippen molar-refractivity contribution in [3.63, 3.8) is 0 Å². The fourth-order valence-corrected chi connectivity index (χ4v) is 4.53. The van der Waals surface area contributed by atoms with Crippen LogP contribution in [-0.4, -0.2) is 40.9 Å². The Hall–Kier alpha value is -0.910. The Kier molecular flexibility index (Phi) is 7.91. The summed E-state index contributed by atoms with van der Waals surface area (Å²) in [6, 6.07) is 8.29. The topological polar surface area (TPSA) is 44.7 Å². The van der Waals surface area contributed by atoms with Gasteiger partial charge in [0, 0.05) is 36.8 Å². The zero-order chi connectivity index (χ0) is 16.9. The average molecular weight is 402 g/mol. The summed E-state index contributed by atoms with van der Waals surface area (Å²) in [5.74, 6) is 1.03. The number of amides is 1. The van der Waals surface area contributed by atoms with Crippen molar-refractivity contribution in [1.82, 2.24) is 10.2 Å². The van der Waals surface area contributed by atoms with Gasteiger partial charge in [-0.25, -0.2) is 0 Å². The molecular weight excluding hydrogens is 377 g/mol. The summed E-state index contributed by atoms with van der Waals surface area (Å²) in [5, 5.41) is 4.82. The number of halogens is 2. The number of nitrogens with one attached hydrogen (secondary N) is 1. The lowest BCUT2D eigenvalue weighted by atomic mass is 10.2. The predicted octanol–water partition coefficient (Wildman–Crippen LogP) is 4.11. The Morgan fingerprint density at radius 1 is 1.32 bits per heavy atom. The monoisotopic (exact) mass is 401 g/mol. The van der Waals surface area contributed by atoms with Gasteiger partial charge >= 0.3 is 0 Å². The third kappa shape index (κ3) is 5.80. The molecule has 3 rings (SSSR count). The highest BCUT2D eigenvalue weighted by Gasteiger charge is 2.29. The molecule has 7 heteroatoms. The first-order valence-corrected chi connectivity index (χ1v) is 9.93. The van der Waals surface area contributed by atoms with Crippen LogP contribution in [0.1, 0.15) is 37.7 Å². The third-order valence-corrected chi connectivity index (χ3v) is 6.15. The van der Waals surface area contributed by atoms with E-state index in [-0.39, 0.29) is 24.4 Å². The Balaban J connectivity index is 0.00000225. The van der Waals surface area contributed by atoms with Crippen molar-refractivity contribution in [2.45, 2.75) is 50.7 Å². The maximum atomic E-state index is 12.2. The molecule has 138 valence electrons. The number of benzene rings is 1. The van der Waals surface area contributed by atoms with E-state index < -0.39 is 0 Å². The van der Waals surface area contributed by atoms with Crippen molar-refractivity contribution in [3.8, 4) is 0 Å². The molecule has 0 aromatic heterocycles. The minimum absolute atomic E-state index is 0. The van der Waals surface area contributed by atoms with Gasteiger partial charge in [-0.2, -0.15) is 0 Å². The summed E-state index contributed by atoms with van der Waals surface area (Å²) in [4.78, 5) is 19.3. The zero-order valence-corrected chi connectivity index (χ0v) is 16.8. The van der Waals surface area contributed by atoms with Crippen LogP contribution in [0.15, 0.2) is 29.3 Å². The van der Waals surface area contributed by atoms with Gasteiger partial charge in [0.15, 0.2) is 5.17 Å². The molecule has 1 amide bonds. The van der Waals surface area contributed by atoms with Gasteiger partial charge in [-0.15, -0.1) is 12.4 Å². The van der Waals surface area contributed by atoms with E-state index in [2.05, 4.69) is 17.3 Å². The van der Waals surface area contributed by atoms with Gasteiger partial charge in [-0.3, -0.25) is 9.79 Å². The van der Waals surface area contributed by atoms with Gasteiger partial charge in [0.2, 0.25) is 5.91 Å². The first kappa shape index (κ1) is 20.4. The molecule has 1 unspecified atom stereocenters. The number of carbonyl (C=O) groups excluding carboxylic acids is 1. The quantitative estimate of drug-likeness (QED) is 0.806. The van der Waals surface area contributed by atoms with Crippen LogP contribution in [0.25, 0.3) is 0 Å². The van der Waals surface area contributed by atoms with Crippen molar-refractivity contribution in [2.24, 2.45) is 4.99 Å². The van der Waals surface area contributed by atoms with Crippen molar-refractivity contribution in [2.75, 3.05) is 12.8 Å². The molecular formula is C18H25Cl2N3OS. The lowest BCUT2D eigenvalue weighted by molar-refractivity contribution is -0.121. The number of carbonyl (C=O) groups is 1. The van der Waals surface area contributed by atoms with Crippen LogP contribution in [0.3, 0.4) is 0 Å². The van der Waals surface area contributed by atoms with Crippen molar-refractivity contribution in [1.29, 1.82) is 0 Å². The number of amidine groups is 1. The van der Waals surface area contributed by atoms with Gasteiger partial charge in [0.1, 0.15) is 0 Å². The second-order valence-electron chi connectivity index (χ2n) is 6.53. The number of rotatable bonds is 5. The summed E-state index contributed by atoms with van der Waals surface area (Å²) < 4.78 is 0. The number of thioether (sulfide) groups is 1. The first-order chi connectivity index (χ1) is 11.6. The molecule has 1 aromatic rings. The normalized spacial score (nSPS) is 22.2. The summed E-state index contributed by atoms with van der Waals surface area (Å²) >= 11 is 7.66. The average Bonchev–Trinajstić information content (AvgIpc) is 3.20. The molecule has 2 fully saturated rings. The molecule has 0 radical (unpaired) electrons. The first-order valence-electron chi connectivity index (χ1n) is 8.56. The van der Waals surface area contributed by atoms with Crippen LogP contribution >= 0.6 is 35.8 Å². The Morgan fingerprint density at radius 2 is 2.00 bits per heavy atom. The molecule has 1 heterocycles. The standard InChI is InChI=1S/C18H24ClN3OS.ClH/c1-22-16(12-24-18(22)21-15-4-2-3-5-15)10-17(23)20-11-13-6-8-14(19)9-7-13;/h6-9,15-16H,2-5,10-12H2,1H3,(H,20,23);1H/b21-18-;. The molecule has 0 bridgehead atoms. The molecule has 1 aromatic carbocycles. The maximum absolute atomic E-state index is 12.2. The summed E-state index contributed by atoms with van der Waals surface area (Å²) in [5.41, 5.74) is 1.06. The van der Waals surface area contributed by atoms with Gasteiger partial charge < -0.3 is 10.2 Å². The van der Waals surface area contributed by atoms with Crippen LogP contribution in [-0.2, 0) is 11.3 Å². The fraction of sp³-hybridized carbons (Fsp3) is 0.556. The summed E-state index contributed by atoms with van der Waals surface area (Å²) in [6.45, 7) is 0.544. The molecule has 1 aliphatic carbocycles. The summed E-state index contributed by atoms with van der Waals surface area (Å²) in [6.07, 6.45) is 5.54. The molecule has 1 N–H and O–H groups in total. The van der Waals surface area contributed by atoms with Crippen molar-refractivity contribution >= 4 is 46.8 Å². The molecule has 2 aliphatic rings. The van der Waals surface area contributed by atoms with E-state index in [0.29, 0.717) is 24.0 Å². The third-order valence-electron chi connectivity index (χ3n) is 4.70. The Morgan fingerprint density at radius 3 is 2.68 bits per heavy atom. The van der Waals surface area contributed by atoms with E-state index >= 15 is 0 Å². The van der Waals surface area contributed by atoms with Gasteiger partial charge in [0.25, 0.3) is 0 Å². The van der Waals surface area contributed by atoms with E-state index in [1.807, 2.05) is 24.3 Å². The largest absolute Gasteiger partial charge is 0.352 e. The lowest BCUT2D eigenvalue weighted by Gasteiger charge is -2.21. The maximum Gasteiger partial charge on any atom is 0.222 e. The smallest absolute Gasteiger partial charge is 0.222 e. The second-order valence-corrected chi connectivity index (χ2v) is 7.96. The van der Waals surface area contributed by atoms with Crippen molar-refractivity contribution < 1.29 is 4.79 Å².